The summed E-state index contributed by atoms with van der Waals surface area (Å²) in [6.45, 7) is 0. The molecule has 132 valence electrons. The number of aliphatic hydroxyl groups is 1. The van der Waals surface area contributed by atoms with Gasteiger partial charge in [-0.3, -0.25) is 9.78 Å². The van der Waals surface area contributed by atoms with Crippen LogP contribution in [-0.2, 0) is 0 Å². The predicted octanol–water partition coefficient (Wildman–Crippen LogP) is 2.61. The minimum Gasteiger partial charge on any atom is -0.496 e. The number of hydrogen-bond donors (Lipinski definition) is 2. The van der Waals surface area contributed by atoms with Crippen molar-refractivity contribution in [1.82, 2.24) is 10.3 Å². The van der Waals surface area contributed by atoms with Crippen molar-refractivity contribution in [1.29, 1.82) is 0 Å². The first-order valence-electron chi connectivity index (χ1n) is 7.91. The Morgan fingerprint density at radius 1 is 1.36 bits per heavy atom. The smallest absolute Gasteiger partial charge is 0.254 e. The number of hydrogen-bond acceptors (Lipinski definition) is 4. The lowest BCUT2D eigenvalue weighted by atomic mass is 9.74. The molecule has 7 heteroatoms. The van der Waals surface area contributed by atoms with Crippen LogP contribution < -0.4 is 10.1 Å². The van der Waals surface area contributed by atoms with Crippen molar-refractivity contribution in [2.75, 3.05) is 7.11 Å². The molecule has 0 radical (unpaired) electrons. The number of aliphatic hydroxyl groups excluding tert-OH is 1. The molecule has 5 nitrogen and oxygen atoms in total. The van der Waals surface area contributed by atoms with Gasteiger partial charge >= 0.3 is 0 Å². The SMILES string of the molecule is COc1ccc(F)cc1[C@H](NC(=O)c1ccncc1F)C1CC(O)C1. The zero-order valence-electron chi connectivity index (χ0n) is 13.6. The summed E-state index contributed by atoms with van der Waals surface area (Å²) in [7, 11) is 1.45. The fraction of sp³-hybridized carbons (Fsp3) is 0.333. The van der Waals surface area contributed by atoms with Crippen molar-refractivity contribution >= 4 is 5.91 Å². The second-order valence-electron chi connectivity index (χ2n) is 6.08. The molecule has 2 aromatic rings. The Kier molecular flexibility index (Phi) is 4.94. The van der Waals surface area contributed by atoms with Gasteiger partial charge in [-0.15, -0.1) is 0 Å². The van der Waals surface area contributed by atoms with Crippen molar-refractivity contribution in [3.63, 3.8) is 0 Å². The van der Waals surface area contributed by atoms with Crippen LogP contribution >= 0.6 is 0 Å². The van der Waals surface area contributed by atoms with Crippen LogP contribution in [0.15, 0.2) is 36.7 Å². The van der Waals surface area contributed by atoms with E-state index in [9.17, 15) is 18.7 Å². The third kappa shape index (κ3) is 3.61. The number of nitrogens with one attached hydrogen (secondary N) is 1. The van der Waals surface area contributed by atoms with E-state index in [-0.39, 0.29) is 11.5 Å². The number of benzene rings is 1. The molecule has 1 amide bonds. The Morgan fingerprint density at radius 3 is 2.76 bits per heavy atom. The van der Waals surface area contributed by atoms with Gasteiger partial charge in [0.1, 0.15) is 11.6 Å². The van der Waals surface area contributed by atoms with Gasteiger partial charge in [0.2, 0.25) is 0 Å². The zero-order valence-corrected chi connectivity index (χ0v) is 13.6. The molecule has 0 aliphatic heterocycles. The van der Waals surface area contributed by atoms with Crippen molar-refractivity contribution in [3.05, 3.63) is 59.4 Å². The summed E-state index contributed by atoms with van der Waals surface area (Å²) >= 11 is 0. The molecule has 1 atom stereocenters. The number of pyridine rings is 1. The zero-order chi connectivity index (χ0) is 18.0. The van der Waals surface area contributed by atoms with Crippen LogP contribution in [0.4, 0.5) is 8.78 Å². The summed E-state index contributed by atoms with van der Waals surface area (Å²) in [6.07, 6.45) is 2.75. The van der Waals surface area contributed by atoms with Gasteiger partial charge in [0.05, 0.1) is 31.0 Å². The number of amides is 1. The van der Waals surface area contributed by atoms with E-state index in [2.05, 4.69) is 10.3 Å². The second-order valence-corrected chi connectivity index (χ2v) is 6.08. The second kappa shape index (κ2) is 7.14. The number of aromatic nitrogens is 1. The molecule has 0 saturated heterocycles. The molecule has 1 aliphatic rings. The summed E-state index contributed by atoms with van der Waals surface area (Å²) in [5.74, 6) is -1.51. The number of carbonyl (C=O) groups excluding carboxylic acids is 1. The highest BCUT2D eigenvalue weighted by molar-refractivity contribution is 5.94. The molecule has 0 unspecified atom stereocenters. The van der Waals surface area contributed by atoms with Crippen LogP contribution in [0, 0.1) is 17.6 Å². The molecule has 1 aromatic carbocycles. The van der Waals surface area contributed by atoms with Crippen LogP contribution in [0.3, 0.4) is 0 Å². The van der Waals surface area contributed by atoms with E-state index >= 15 is 0 Å². The Morgan fingerprint density at radius 2 is 2.12 bits per heavy atom. The summed E-state index contributed by atoms with van der Waals surface area (Å²) in [6, 6.07) is 4.71. The highest BCUT2D eigenvalue weighted by Gasteiger charge is 2.37. The van der Waals surface area contributed by atoms with Crippen LogP contribution in [0.25, 0.3) is 0 Å². The number of rotatable bonds is 5. The van der Waals surface area contributed by atoms with E-state index in [4.69, 9.17) is 4.74 Å². The number of methoxy groups -OCH3 is 1. The summed E-state index contributed by atoms with van der Waals surface area (Å²) < 4.78 is 32.8. The lowest BCUT2D eigenvalue weighted by Gasteiger charge is -2.38. The molecule has 25 heavy (non-hydrogen) atoms. The molecule has 1 heterocycles. The maximum absolute atomic E-state index is 13.8. The largest absolute Gasteiger partial charge is 0.496 e. The van der Waals surface area contributed by atoms with Crippen molar-refractivity contribution in [2.24, 2.45) is 5.92 Å². The molecule has 3 rings (SSSR count). The molecule has 0 bridgehead atoms. The van der Waals surface area contributed by atoms with Gasteiger partial charge in [-0.25, -0.2) is 8.78 Å². The molecule has 1 fully saturated rings. The van der Waals surface area contributed by atoms with Crippen LogP contribution in [0.1, 0.15) is 34.8 Å². The molecule has 1 saturated carbocycles. The van der Waals surface area contributed by atoms with Crippen LogP contribution in [0.2, 0.25) is 0 Å². The van der Waals surface area contributed by atoms with Gasteiger partial charge in [-0.05, 0) is 43.0 Å². The quantitative estimate of drug-likeness (QED) is 0.871. The number of halogens is 2. The van der Waals surface area contributed by atoms with Gasteiger partial charge in [0.15, 0.2) is 5.82 Å². The average molecular weight is 348 g/mol. The van der Waals surface area contributed by atoms with Gasteiger partial charge in [0, 0.05) is 11.8 Å². The highest BCUT2D eigenvalue weighted by Crippen LogP contribution is 2.41. The van der Waals surface area contributed by atoms with Gasteiger partial charge in [0.25, 0.3) is 5.91 Å². The van der Waals surface area contributed by atoms with Crippen LogP contribution in [-0.4, -0.2) is 29.2 Å². The van der Waals surface area contributed by atoms with E-state index in [1.54, 1.807) is 0 Å². The van der Waals surface area contributed by atoms with E-state index < -0.39 is 29.7 Å². The lowest BCUT2D eigenvalue weighted by Crippen LogP contribution is -2.41. The van der Waals surface area contributed by atoms with Gasteiger partial charge < -0.3 is 15.2 Å². The molecular weight excluding hydrogens is 330 g/mol. The maximum atomic E-state index is 13.8. The average Bonchev–Trinajstić information content (AvgIpc) is 2.57. The van der Waals surface area contributed by atoms with Crippen molar-refractivity contribution in [2.45, 2.75) is 25.0 Å². The highest BCUT2D eigenvalue weighted by atomic mass is 19.1. The number of ether oxygens (including phenoxy) is 1. The molecule has 1 aromatic heterocycles. The first kappa shape index (κ1) is 17.3. The van der Waals surface area contributed by atoms with E-state index in [1.165, 1.54) is 37.6 Å². The molecular formula is C18H18F2N2O3. The molecule has 1 aliphatic carbocycles. The number of carbonyl (C=O) groups is 1. The Hall–Kier alpha value is -2.54. The minimum atomic E-state index is -0.737. The Labute approximate surface area is 143 Å². The fourth-order valence-electron chi connectivity index (χ4n) is 3.08. The Bertz CT molecular complexity index is 779. The van der Waals surface area contributed by atoms with Gasteiger partial charge in [-0.1, -0.05) is 0 Å². The minimum absolute atomic E-state index is 0.0976. The summed E-state index contributed by atoms with van der Waals surface area (Å²) in [5.41, 5.74) is 0.317. The van der Waals surface area contributed by atoms with E-state index in [0.29, 0.717) is 24.2 Å². The summed E-state index contributed by atoms with van der Waals surface area (Å²) in [4.78, 5) is 16.1. The standard InChI is InChI=1S/C18H18F2N2O3/c1-25-16-3-2-11(19)8-14(16)17(10-6-12(23)7-10)22-18(24)13-4-5-21-9-15(13)20/h2-5,8-10,12,17,23H,6-7H2,1H3,(H,22,24)/t10?,12?,17-/m1/s1. The molecule has 2 N–H and O–H groups in total. The third-order valence-electron chi connectivity index (χ3n) is 4.45. The molecule has 0 spiro atoms. The van der Waals surface area contributed by atoms with Gasteiger partial charge in [-0.2, -0.15) is 0 Å². The van der Waals surface area contributed by atoms with Crippen LogP contribution in [0.5, 0.6) is 5.75 Å². The van der Waals surface area contributed by atoms with E-state index in [0.717, 1.165) is 6.20 Å². The Balaban J connectivity index is 1.92. The van der Waals surface area contributed by atoms with E-state index in [1.807, 2.05) is 0 Å². The fourth-order valence-corrected chi connectivity index (χ4v) is 3.08. The predicted molar refractivity (Wildman–Crippen MR) is 86.1 cm³/mol. The number of nitrogens with zero attached hydrogens (tertiary/aromatic N) is 1. The first-order valence-corrected chi connectivity index (χ1v) is 7.91. The lowest BCUT2D eigenvalue weighted by molar-refractivity contribution is 0.0230. The van der Waals surface area contributed by atoms with Crippen molar-refractivity contribution < 1.29 is 23.4 Å². The monoisotopic (exact) mass is 348 g/mol. The summed E-state index contributed by atoms with van der Waals surface area (Å²) in [5, 5.41) is 12.4. The van der Waals surface area contributed by atoms with Crippen molar-refractivity contribution in [3.8, 4) is 5.75 Å². The maximum Gasteiger partial charge on any atom is 0.254 e. The normalized spacial score (nSPS) is 20.5. The topological polar surface area (TPSA) is 71.5 Å². The first-order chi connectivity index (χ1) is 12.0. The third-order valence-corrected chi connectivity index (χ3v) is 4.45.